The van der Waals surface area contributed by atoms with Crippen molar-refractivity contribution in [2.75, 3.05) is 121 Å². The number of nitrogens with zero attached hydrogens (tertiary/aromatic N) is 4. The van der Waals surface area contributed by atoms with Gasteiger partial charge in [-0.25, -0.2) is 0 Å². The maximum absolute atomic E-state index is 12.1. The zero-order valence-corrected chi connectivity index (χ0v) is 24.2. The van der Waals surface area contributed by atoms with Crippen molar-refractivity contribution in [2.45, 2.75) is 0 Å². The van der Waals surface area contributed by atoms with Crippen molar-refractivity contribution in [1.29, 1.82) is 0 Å². The predicted molar refractivity (Wildman–Crippen MR) is 138 cm³/mol. The van der Waals surface area contributed by atoms with E-state index in [1.54, 1.807) is 9.80 Å². The minimum absolute atomic E-state index is 0.0936. The SMILES string of the molecule is COC(=O)CN(CCN(CCN(CC(=O)OC)CC(=O)OC)CC(=O)OC)CCN(CC(=O)OC)CC(=O)OC. The van der Waals surface area contributed by atoms with E-state index >= 15 is 0 Å². The Morgan fingerprint density at radius 1 is 0.325 bits per heavy atom. The molecule has 16 nitrogen and oxygen atoms in total. The second-order valence-electron chi connectivity index (χ2n) is 8.43. The van der Waals surface area contributed by atoms with Gasteiger partial charge in [-0.3, -0.25) is 48.4 Å². The van der Waals surface area contributed by atoms with E-state index in [2.05, 4.69) is 18.9 Å². The third-order valence-electron chi connectivity index (χ3n) is 5.68. The van der Waals surface area contributed by atoms with Crippen LogP contribution in [0.5, 0.6) is 0 Å². The molecule has 0 saturated carbocycles. The topological polar surface area (TPSA) is 171 Å². The van der Waals surface area contributed by atoms with Gasteiger partial charge >= 0.3 is 35.8 Å². The molecule has 0 spiro atoms. The Balaban J connectivity index is 5.51. The van der Waals surface area contributed by atoms with Gasteiger partial charge in [0.05, 0.1) is 81.9 Å². The average molecular weight is 579 g/mol. The van der Waals surface area contributed by atoms with Crippen LogP contribution in [0, 0.1) is 0 Å². The van der Waals surface area contributed by atoms with Crippen molar-refractivity contribution in [3.63, 3.8) is 0 Å². The summed E-state index contributed by atoms with van der Waals surface area (Å²) in [6, 6.07) is 0. The van der Waals surface area contributed by atoms with Crippen LogP contribution in [0.4, 0.5) is 0 Å². The Labute approximate surface area is 234 Å². The van der Waals surface area contributed by atoms with Crippen molar-refractivity contribution in [3.8, 4) is 0 Å². The number of hydrogen-bond acceptors (Lipinski definition) is 16. The molecule has 0 heterocycles. The molecule has 0 rings (SSSR count). The molecule has 40 heavy (non-hydrogen) atoms. The lowest BCUT2D eigenvalue weighted by Gasteiger charge is -2.29. The minimum atomic E-state index is -0.545. The van der Waals surface area contributed by atoms with Crippen LogP contribution >= 0.6 is 0 Å². The first-order valence-electron chi connectivity index (χ1n) is 12.3. The number of ether oxygens (including phenoxy) is 6. The van der Waals surface area contributed by atoms with E-state index in [0.717, 1.165) is 0 Å². The molecule has 230 valence electrons. The Bertz CT molecular complexity index is 724. The molecule has 0 atom stereocenters. The maximum Gasteiger partial charge on any atom is 0.319 e. The average Bonchev–Trinajstić information content (AvgIpc) is 2.95. The van der Waals surface area contributed by atoms with Gasteiger partial charge in [0.15, 0.2) is 0 Å². The summed E-state index contributed by atoms with van der Waals surface area (Å²) in [7, 11) is 7.43. The fourth-order valence-corrected chi connectivity index (χ4v) is 3.30. The van der Waals surface area contributed by atoms with Crippen LogP contribution in [0.1, 0.15) is 0 Å². The van der Waals surface area contributed by atoms with Gasteiger partial charge in [0.1, 0.15) is 0 Å². The molecule has 0 N–H and O–H groups in total. The summed E-state index contributed by atoms with van der Waals surface area (Å²) in [5.74, 6) is -3.19. The molecular formula is C24H42N4O12. The summed E-state index contributed by atoms with van der Waals surface area (Å²) in [6.45, 7) is 0.657. The van der Waals surface area contributed by atoms with E-state index in [-0.39, 0.29) is 78.5 Å². The Morgan fingerprint density at radius 2 is 0.475 bits per heavy atom. The third-order valence-corrected chi connectivity index (χ3v) is 5.68. The van der Waals surface area contributed by atoms with Crippen LogP contribution in [0.2, 0.25) is 0 Å². The molecule has 0 aromatic rings. The zero-order valence-electron chi connectivity index (χ0n) is 24.2. The van der Waals surface area contributed by atoms with Gasteiger partial charge in [-0.05, 0) is 0 Å². The van der Waals surface area contributed by atoms with Crippen molar-refractivity contribution >= 4 is 35.8 Å². The van der Waals surface area contributed by atoms with Crippen LogP contribution in [0.25, 0.3) is 0 Å². The number of hydrogen-bond donors (Lipinski definition) is 0. The zero-order chi connectivity index (χ0) is 30.5. The summed E-state index contributed by atoms with van der Waals surface area (Å²) in [5, 5.41) is 0. The van der Waals surface area contributed by atoms with Crippen LogP contribution in [0.3, 0.4) is 0 Å². The van der Waals surface area contributed by atoms with Crippen molar-refractivity contribution in [3.05, 3.63) is 0 Å². The van der Waals surface area contributed by atoms with E-state index < -0.39 is 35.8 Å². The fraction of sp³-hybridized carbons (Fsp3) is 0.750. The van der Waals surface area contributed by atoms with E-state index in [4.69, 9.17) is 9.47 Å². The summed E-state index contributed by atoms with van der Waals surface area (Å²) in [6.07, 6.45) is 0. The molecule has 0 saturated heterocycles. The molecule has 0 aliphatic carbocycles. The van der Waals surface area contributed by atoms with Gasteiger partial charge in [0.25, 0.3) is 0 Å². The molecule has 16 heteroatoms. The standard InChI is InChI=1S/C24H42N4O12/c1-35-19(29)13-25(9-11-27(15-21(31)37-3)16-22(32)38-4)7-8-26(14-20(30)36-2)10-12-28(17-23(33)39-5)18-24(34)40-6/h7-18H2,1-6H3. The van der Waals surface area contributed by atoms with Crippen molar-refractivity contribution in [2.24, 2.45) is 0 Å². The molecule has 0 aromatic heterocycles. The lowest BCUT2D eigenvalue weighted by molar-refractivity contribution is -0.147. The first-order valence-corrected chi connectivity index (χ1v) is 12.3. The third kappa shape index (κ3) is 17.3. The lowest BCUT2D eigenvalue weighted by atomic mass is 10.3. The van der Waals surface area contributed by atoms with Crippen molar-refractivity contribution in [1.82, 2.24) is 19.6 Å². The van der Waals surface area contributed by atoms with Crippen LogP contribution < -0.4 is 0 Å². The van der Waals surface area contributed by atoms with Crippen LogP contribution in [0.15, 0.2) is 0 Å². The van der Waals surface area contributed by atoms with E-state index in [0.29, 0.717) is 0 Å². The lowest BCUT2D eigenvalue weighted by Crippen LogP contribution is -2.47. The van der Waals surface area contributed by atoms with Crippen molar-refractivity contribution < 1.29 is 57.2 Å². The van der Waals surface area contributed by atoms with Crippen LogP contribution in [-0.4, -0.2) is 177 Å². The molecule has 0 aliphatic heterocycles. The number of methoxy groups -OCH3 is 6. The van der Waals surface area contributed by atoms with Crippen LogP contribution in [-0.2, 0) is 57.2 Å². The van der Waals surface area contributed by atoms with Gasteiger partial charge in [0, 0.05) is 39.3 Å². The van der Waals surface area contributed by atoms with E-state index in [1.165, 1.54) is 52.5 Å². The molecule has 0 bridgehead atoms. The number of esters is 6. The van der Waals surface area contributed by atoms with Gasteiger partial charge in [-0.2, -0.15) is 0 Å². The largest absolute Gasteiger partial charge is 0.468 e. The maximum atomic E-state index is 12.1. The second-order valence-corrected chi connectivity index (χ2v) is 8.43. The summed E-state index contributed by atoms with van der Waals surface area (Å²) >= 11 is 0. The predicted octanol–water partition coefficient (Wildman–Crippen LogP) is -2.77. The van der Waals surface area contributed by atoms with E-state index in [9.17, 15) is 28.8 Å². The fourth-order valence-electron chi connectivity index (χ4n) is 3.30. The Hall–Kier alpha value is -3.34. The first kappa shape index (κ1) is 36.7. The highest BCUT2D eigenvalue weighted by Crippen LogP contribution is 2.01. The summed E-state index contributed by atoms with van der Waals surface area (Å²) < 4.78 is 28.3. The Kier molecular flexibility index (Phi) is 19.7. The number of carbonyl (C=O) groups is 6. The highest BCUT2D eigenvalue weighted by atomic mass is 16.5. The molecule has 0 aliphatic rings. The molecule has 0 fully saturated rings. The van der Waals surface area contributed by atoms with E-state index in [1.807, 2.05) is 0 Å². The number of carbonyl (C=O) groups excluding carboxylic acids is 6. The highest BCUT2D eigenvalue weighted by molar-refractivity contribution is 5.75. The number of rotatable bonds is 21. The normalized spacial score (nSPS) is 10.9. The molecule has 0 aromatic carbocycles. The molecular weight excluding hydrogens is 536 g/mol. The highest BCUT2D eigenvalue weighted by Gasteiger charge is 2.21. The molecule has 0 unspecified atom stereocenters. The Morgan fingerprint density at radius 3 is 0.650 bits per heavy atom. The minimum Gasteiger partial charge on any atom is -0.468 e. The quantitative estimate of drug-likeness (QED) is 0.101. The van der Waals surface area contributed by atoms with Gasteiger partial charge in [-0.1, -0.05) is 0 Å². The molecule has 0 radical (unpaired) electrons. The smallest absolute Gasteiger partial charge is 0.319 e. The summed E-state index contributed by atoms with van der Waals surface area (Å²) in [4.78, 5) is 77.8. The van der Waals surface area contributed by atoms with Gasteiger partial charge in [0.2, 0.25) is 0 Å². The van der Waals surface area contributed by atoms with Gasteiger partial charge in [-0.15, -0.1) is 0 Å². The second kappa shape index (κ2) is 21.5. The van der Waals surface area contributed by atoms with Gasteiger partial charge < -0.3 is 28.4 Å². The molecule has 0 amide bonds. The monoisotopic (exact) mass is 578 g/mol. The first-order chi connectivity index (χ1) is 19.0. The summed E-state index contributed by atoms with van der Waals surface area (Å²) in [5.41, 5.74) is 0.